The third-order valence-corrected chi connectivity index (χ3v) is 7.73. The number of hydrogen-bond acceptors (Lipinski definition) is 8. The summed E-state index contributed by atoms with van der Waals surface area (Å²) in [7, 11) is 5.76. The molecule has 2 aromatic rings. The van der Waals surface area contributed by atoms with Gasteiger partial charge in [-0.15, -0.1) is 0 Å². The molecule has 0 aliphatic rings. The van der Waals surface area contributed by atoms with Crippen LogP contribution in [-0.4, -0.2) is 92.9 Å². The Morgan fingerprint density at radius 1 is 0.820 bits per heavy atom. The van der Waals surface area contributed by atoms with Crippen molar-refractivity contribution in [2.24, 2.45) is 0 Å². The number of nitrogens with one attached hydrogen (secondary N) is 4. The average Bonchev–Trinajstić information content (AvgIpc) is 3.04. The number of alkyl carbamates (subject to hydrolysis) is 1. The fourth-order valence-electron chi connectivity index (χ4n) is 3.85. The summed E-state index contributed by atoms with van der Waals surface area (Å²) in [5.41, 5.74) is -0.712. The Morgan fingerprint density at radius 2 is 1.40 bits per heavy atom. The average molecular weight is 821 g/mol. The quantitative estimate of drug-likeness (QED) is 0.0365. The van der Waals surface area contributed by atoms with E-state index >= 15 is 0 Å². The summed E-state index contributed by atoms with van der Waals surface area (Å²) in [6, 6.07) is 4.52. The molecule has 0 saturated carbocycles. The van der Waals surface area contributed by atoms with E-state index in [2.05, 4.69) is 54.6 Å². The SMILES string of the molecule is C[N+](C)(C)CCNC(=O)[C@H](CCC(=O)N[C@@H](CS)C(=O)NCC(=O)OCc1c(F)c(F)c(F)c(F)c1F)NC(=O)OCc1ccccc1Br.[Cl-]. The molecule has 2 atom stereocenters. The van der Waals surface area contributed by atoms with Crippen LogP contribution >= 0.6 is 28.6 Å². The Balaban J connectivity index is 0.0000125. The maximum absolute atomic E-state index is 13.8. The van der Waals surface area contributed by atoms with Gasteiger partial charge in [-0.1, -0.05) is 34.1 Å². The van der Waals surface area contributed by atoms with Crippen molar-refractivity contribution in [3.8, 4) is 0 Å². The summed E-state index contributed by atoms with van der Waals surface area (Å²) in [6.45, 7) is -1.48. The van der Waals surface area contributed by atoms with Gasteiger partial charge in [0.1, 0.15) is 31.8 Å². The van der Waals surface area contributed by atoms with Crippen molar-refractivity contribution in [3.63, 3.8) is 0 Å². The zero-order valence-electron chi connectivity index (χ0n) is 27.0. The highest BCUT2D eigenvalue weighted by Crippen LogP contribution is 2.23. The number of thiol groups is 1. The lowest BCUT2D eigenvalue weighted by Gasteiger charge is -2.25. The van der Waals surface area contributed by atoms with E-state index in [4.69, 9.17) is 4.74 Å². The number of ether oxygens (including phenoxy) is 2. The van der Waals surface area contributed by atoms with Crippen LogP contribution in [0.4, 0.5) is 26.7 Å². The van der Waals surface area contributed by atoms with Crippen LogP contribution < -0.4 is 33.7 Å². The molecule has 0 heterocycles. The minimum Gasteiger partial charge on any atom is -1.00 e. The second kappa shape index (κ2) is 20.9. The number of carbonyl (C=O) groups is 5. The first-order chi connectivity index (χ1) is 22.9. The summed E-state index contributed by atoms with van der Waals surface area (Å²) in [6.07, 6.45) is -1.46. The lowest BCUT2D eigenvalue weighted by molar-refractivity contribution is -0.869. The molecular weight excluding hydrogens is 785 g/mol. The van der Waals surface area contributed by atoms with Crippen molar-refractivity contribution in [1.82, 2.24) is 21.3 Å². The predicted molar refractivity (Wildman–Crippen MR) is 171 cm³/mol. The standard InChI is InChI=1S/C30H35BrF5N5O7S.ClH/c1-41(2,3)11-10-37-28(44)19(40-30(46)48-13-16-6-4-5-7-18(16)31)8-9-21(42)39-20(15-49)29(45)38-12-22(43)47-14-17-23(32)25(34)27(36)26(35)24(17)33;/h4-7,19-20H,8-15H2,1-3H3,(H4-,37,38,39,40,42,44,45,46,49);1H/t19-,20-;/m0./s1. The van der Waals surface area contributed by atoms with E-state index in [0.717, 1.165) is 0 Å². The van der Waals surface area contributed by atoms with E-state index in [1.165, 1.54) is 0 Å². The molecule has 0 radical (unpaired) electrons. The largest absolute Gasteiger partial charge is 1.00 e. The van der Waals surface area contributed by atoms with Gasteiger partial charge in [0, 0.05) is 22.2 Å². The highest BCUT2D eigenvalue weighted by Gasteiger charge is 2.28. The molecule has 0 saturated heterocycles. The Hall–Kier alpha value is -3.68. The maximum atomic E-state index is 13.8. The van der Waals surface area contributed by atoms with Crippen LogP contribution in [0, 0.1) is 29.1 Å². The summed E-state index contributed by atoms with van der Waals surface area (Å²) >= 11 is 7.35. The zero-order chi connectivity index (χ0) is 36.9. The van der Waals surface area contributed by atoms with Gasteiger partial charge in [0.25, 0.3) is 0 Å². The van der Waals surface area contributed by atoms with Crippen LogP contribution in [0.2, 0.25) is 0 Å². The van der Waals surface area contributed by atoms with Gasteiger partial charge in [0.05, 0.1) is 39.8 Å². The number of likely N-dealkylation sites (N-methyl/N-ethyl adjacent to an activating group) is 1. The molecule has 50 heavy (non-hydrogen) atoms. The van der Waals surface area contributed by atoms with Crippen molar-refractivity contribution in [2.75, 3.05) is 46.5 Å². The molecule has 2 rings (SSSR count). The van der Waals surface area contributed by atoms with Gasteiger partial charge < -0.3 is 47.6 Å². The molecule has 0 unspecified atom stereocenters. The molecule has 0 aromatic heterocycles. The van der Waals surface area contributed by atoms with E-state index in [9.17, 15) is 45.9 Å². The second-order valence-electron chi connectivity index (χ2n) is 11.4. The molecule has 0 bridgehead atoms. The van der Waals surface area contributed by atoms with E-state index < -0.39 is 89.7 Å². The molecule has 20 heteroatoms. The number of nitrogens with zero attached hydrogens (tertiary/aromatic N) is 1. The van der Waals surface area contributed by atoms with Crippen LogP contribution in [-0.2, 0) is 41.9 Å². The van der Waals surface area contributed by atoms with Crippen molar-refractivity contribution in [2.45, 2.75) is 38.1 Å². The van der Waals surface area contributed by atoms with E-state index in [0.29, 0.717) is 21.1 Å². The van der Waals surface area contributed by atoms with Gasteiger partial charge in [-0.05, 0) is 12.5 Å². The van der Waals surface area contributed by atoms with E-state index in [1.807, 2.05) is 21.1 Å². The van der Waals surface area contributed by atoms with Gasteiger partial charge >= 0.3 is 12.1 Å². The number of benzene rings is 2. The number of halogens is 7. The van der Waals surface area contributed by atoms with Crippen LogP contribution in [0.5, 0.6) is 0 Å². The van der Waals surface area contributed by atoms with Crippen molar-refractivity contribution >= 4 is 58.3 Å². The topological polar surface area (TPSA) is 152 Å². The predicted octanol–water partition coefficient (Wildman–Crippen LogP) is -0.380. The number of carbonyl (C=O) groups excluding carboxylic acids is 5. The van der Waals surface area contributed by atoms with Crippen molar-refractivity contribution < 1.29 is 72.3 Å². The third-order valence-electron chi connectivity index (χ3n) is 6.59. The van der Waals surface area contributed by atoms with Crippen LogP contribution in [0.15, 0.2) is 28.7 Å². The molecular formula is C30H36BrClF5N5O7S. The minimum absolute atomic E-state index is 0. The fraction of sp³-hybridized carbons (Fsp3) is 0.433. The fourth-order valence-corrected chi connectivity index (χ4v) is 4.50. The van der Waals surface area contributed by atoms with Gasteiger partial charge in [0.2, 0.25) is 23.5 Å². The van der Waals surface area contributed by atoms with Gasteiger partial charge in [-0.25, -0.2) is 26.7 Å². The molecule has 12 nitrogen and oxygen atoms in total. The number of esters is 1. The molecule has 0 spiro atoms. The summed E-state index contributed by atoms with van der Waals surface area (Å²) in [5, 5.41) is 9.61. The van der Waals surface area contributed by atoms with Crippen LogP contribution in [0.1, 0.15) is 24.0 Å². The molecule has 0 aliphatic carbocycles. The first kappa shape index (κ1) is 44.3. The van der Waals surface area contributed by atoms with Gasteiger partial charge in [0.15, 0.2) is 23.3 Å². The minimum atomic E-state index is -2.38. The van der Waals surface area contributed by atoms with E-state index in [1.54, 1.807) is 24.3 Å². The maximum Gasteiger partial charge on any atom is 0.408 e. The summed E-state index contributed by atoms with van der Waals surface area (Å²) in [4.78, 5) is 62.7. The lowest BCUT2D eigenvalue weighted by atomic mass is 10.1. The van der Waals surface area contributed by atoms with Crippen molar-refractivity contribution in [1.29, 1.82) is 0 Å². The first-order valence-corrected chi connectivity index (χ1v) is 16.0. The Labute approximate surface area is 304 Å². The molecule has 4 N–H and O–H groups in total. The van der Waals surface area contributed by atoms with Crippen LogP contribution in [0.25, 0.3) is 0 Å². The highest BCUT2D eigenvalue weighted by atomic mass is 79.9. The Morgan fingerprint density at radius 3 is 1.98 bits per heavy atom. The highest BCUT2D eigenvalue weighted by molar-refractivity contribution is 9.10. The molecule has 2 aromatic carbocycles. The molecule has 0 aliphatic heterocycles. The molecule has 0 fully saturated rings. The van der Waals surface area contributed by atoms with Gasteiger partial charge in [-0.3, -0.25) is 19.2 Å². The monoisotopic (exact) mass is 819 g/mol. The molecule has 4 amide bonds. The zero-order valence-corrected chi connectivity index (χ0v) is 30.3. The smallest absolute Gasteiger partial charge is 0.408 e. The number of rotatable bonds is 17. The normalized spacial score (nSPS) is 12.1. The first-order valence-electron chi connectivity index (χ1n) is 14.5. The second-order valence-corrected chi connectivity index (χ2v) is 12.7. The summed E-state index contributed by atoms with van der Waals surface area (Å²) in [5.74, 6) is -15.0. The Bertz CT molecular complexity index is 1510. The lowest BCUT2D eigenvalue weighted by Crippen LogP contribution is -3.00. The van der Waals surface area contributed by atoms with E-state index in [-0.39, 0.29) is 44.2 Å². The Kier molecular flexibility index (Phi) is 18.5. The third kappa shape index (κ3) is 14.3. The van der Waals surface area contributed by atoms with Crippen molar-refractivity contribution in [3.05, 3.63) is 69.0 Å². The number of amides is 4. The van der Waals surface area contributed by atoms with Gasteiger partial charge in [-0.2, -0.15) is 12.6 Å². The molecule has 278 valence electrons. The van der Waals surface area contributed by atoms with Crippen LogP contribution in [0.3, 0.4) is 0 Å². The number of hydrogen-bond donors (Lipinski definition) is 5. The number of quaternary nitrogens is 1. The summed E-state index contributed by atoms with van der Waals surface area (Å²) < 4.78 is 78.5.